The molecule has 0 aromatic rings. The van der Waals surface area contributed by atoms with Crippen LogP contribution in [0.5, 0.6) is 0 Å². The smallest absolute Gasteiger partial charge is 0.0591 e. The molecule has 0 saturated carbocycles. The minimum atomic E-state index is -1.23. The van der Waals surface area contributed by atoms with Crippen molar-refractivity contribution >= 4 is 8.07 Å². The van der Waals surface area contributed by atoms with E-state index in [1.165, 1.54) is 12.5 Å². The summed E-state index contributed by atoms with van der Waals surface area (Å²) in [7, 11) is -1.23. The first-order valence-electron chi connectivity index (χ1n) is 6.85. The van der Waals surface area contributed by atoms with Crippen LogP contribution in [-0.4, -0.2) is 21.3 Å². The van der Waals surface area contributed by atoms with E-state index in [0.29, 0.717) is 10.5 Å². The third-order valence-corrected chi connectivity index (χ3v) is 13.6. The maximum atomic E-state index is 5.56. The summed E-state index contributed by atoms with van der Waals surface area (Å²) in [6, 6.07) is 1.39. The average Bonchev–Trinajstić information content (AvgIpc) is 2.14. The molecule has 1 aliphatic rings. The zero-order valence-electron chi connectivity index (χ0n) is 12.3. The largest absolute Gasteiger partial charge is 0.380 e. The zero-order chi connectivity index (χ0) is 12.6. The molecule has 0 spiro atoms. The van der Waals surface area contributed by atoms with E-state index in [9.17, 15) is 0 Å². The molecule has 16 heavy (non-hydrogen) atoms. The van der Waals surface area contributed by atoms with Crippen LogP contribution in [0.2, 0.25) is 23.2 Å². The van der Waals surface area contributed by atoms with Crippen LogP contribution in [0.15, 0.2) is 0 Å². The fourth-order valence-electron chi connectivity index (χ4n) is 3.53. The Hall–Kier alpha value is 0.177. The van der Waals surface area contributed by atoms with Crippen molar-refractivity contribution in [3.05, 3.63) is 0 Å². The summed E-state index contributed by atoms with van der Waals surface area (Å²) in [5.74, 6) is 0. The van der Waals surface area contributed by atoms with Crippen LogP contribution in [0.25, 0.3) is 0 Å². The first-order valence-corrected chi connectivity index (χ1v) is 9.63. The molecule has 1 rings (SSSR count). The second-order valence-electron chi connectivity index (χ2n) is 6.68. The predicted molar refractivity (Wildman–Crippen MR) is 74.8 cm³/mol. The molecule has 1 atom stereocenters. The van der Waals surface area contributed by atoms with Gasteiger partial charge in [0.1, 0.15) is 0 Å². The molecule has 1 unspecified atom stereocenters. The van der Waals surface area contributed by atoms with Crippen molar-refractivity contribution in [2.24, 2.45) is 5.41 Å². The quantitative estimate of drug-likeness (QED) is 0.635. The predicted octanol–water partition coefficient (Wildman–Crippen LogP) is 4.70. The highest BCUT2D eigenvalue weighted by molar-refractivity contribution is 6.82. The number of hydrogen-bond acceptors (Lipinski definition) is 1. The van der Waals surface area contributed by atoms with Gasteiger partial charge in [0, 0.05) is 5.41 Å². The number of rotatable bonds is 5. The molecule has 0 aromatic carbocycles. The second-order valence-corrected chi connectivity index (χ2v) is 12.6. The fourth-order valence-corrected chi connectivity index (χ4v) is 8.21. The van der Waals surface area contributed by atoms with Crippen molar-refractivity contribution in [3.63, 3.8) is 0 Å². The normalized spacial score (nSPS) is 24.0. The lowest BCUT2D eigenvalue weighted by Gasteiger charge is -2.60. The van der Waals surface area contributed by atoms with E-state index in [4.69, 9.17) is 4.74 Å². The minimum Gasteiger partial charge on any atom is -0.380 e. The number of hydrogen-bond donors (Lipinski definition) is 0. The van der Waals surface area contributed by atoms with Gasteiger partial charge in [-0.1, -0.05) is 59.7 Å². The third-order valence-electron chi connectivity index (χ3n) is 6.20. The van der Waals surface area contributed by atoms with Gasteiger partial charge in [-0.15, -0.1) is 0 Å². The molecule has 1 aliphatic heterocycles. The highest BCUT2D eigenvalue weighted by atomic mass is 28.3. The Labute approximate surface area is 103 Å². The van der Waals surface area contributed by atoms with E-state index in [1.54, 1.807) is 0 Å². The molecule has 0 aliphatic carbocycles. The van der Waals surface area contributed by atoms with Gasteiger partial charge in [0.2, 0.25) is 0 Å². The lowest BCUT2D eigenvalue weighted by atomic mass is 9.72. The number of ether oxygens (including phenoxy) is 1. The second kappa shape index (κ2) is 4.45. The van der Waals surface area contributed by atoms with Gasteiger partial charge in [-0.3, -0.25) is 0 Å². The van der Waals surface area contributed by atoms with Crippen LogP contribution < -0.4 is 0 Å². The Kier molecular flexibility index (Phi) is 3.96. The van der Waals surface area contributed by atoms with Crippen LogP contribution in [0, 0.1) is 5.41 Å². The van der Waals surface area contributed by atoms with E-state index in [0.717, 1.165) is 18.8 Å². The summed E-state index contributed by atoms with van der Waals surface area (Å²) >= 11 is 0. The molecule has 0 bridgehead atoms. The van der Waals surface area contributed by atoms with Crippen LogP contribution in [0.4, 0.5) is 0 Å². The van der Waals surface area contributed by atoms with Crippen molar-refractivity contribution in [2.45, 2.75) is 71.1 Å². The molecule has 0 amide bonds. The summed E-state index contributed by atoms with van der Waals surface area (Å²) in [5, 5.41) is 0.482. The third kappa shape index (κ3) is 1.69. The van der Waals surface area contributed by atoms with Gasteiger partial charge in [0.25, 0.3) is 0 Å². The SMILES string of the molecule is CCC1(C(C)(C)[Si](C)(CC)C(C)C)COC1. The van der Waals surface area contributed by atoms with Crippen molar-refractivity contribution in [1.82, 2.24) is 0 Å². The summed E-state index contributed by atoms with van der Waals surface area (Å²) in [6.07, 6.45) is 1.27. The molecule has 1 heterocycles. The van der Waals surface area contributed by atoms with Crippen molar-refractivity contribution in [1.29, 1.82) is 0 Å². The minimum absolute atomic E-state index is 0.467. The monoisotopic (exact) mass is 242 g/mol. The lowest BCUT2D eigenvalue weighted by molar-refractivity contribution is -0.137. The van der Waals surface area contributed by atoms with E-state index < -0.39 is 8.07 Å². The molecular formula is C14H30OSi. The molecule has 0 radical (unpaired) electrons. The van der Waals surface area contributed by atoms with Crippen LogP contribution >= 0.6 is 0 Å². The van der Waals surface area contributed by atoms with Crippen molar-refractivity contribution in [3.8, 4) is 0 Å². The average molecular weight is 242 g/mol. The van der Waals surface area contributed by atoms with Crippen molar-refractivity contribution in [2.75, 3.05) is 13.2 Å². The molecule has 1 nitrogen and oxygen atoms in total. The Bertz CT molecular complexity index is 238. The standard InChI is InChI=1S/C14H30OSi/c1-8-14(10-15-11-14)13(5,6)16(7,9-2)12(3)4/h12H,8-11H2,1-7H3. The molecule has 0 aromatic heterocycles. The zero-order valence-corrected chi connectivity index (χ0v) is 13.3. The van der Waals surface area contributed by atoms with E-state index in [1.807, 2.05) is 0 Å². The Balaban J connectivity index is 3.07. The molecular weight excluding hydrogens is 212 g/mol. The molecule has 2 heteroatoms. The van der Waals surface area contributed by atoms with Gasteiger partial charge in [-0.25, -0.2) is 0 Å². The summed E-state index contributed by atoms with van der Waals surface area (Å²) in [6.45, 7) is 19.2. The first-order chi connectivity index (χ1) is 7.27. The molecule has 1 saturated heterocycles. The summed E-state index contributed by atoms with van der Waals surface area (Å²) < 4.78 is 5.56. The molecule has 0 N–H and O–H groups in total. The van der Waals surface area contributed by atoms with Gasteiger partial charge in [-0.2, -0.15) is 0 Å². The van der Waals surface area contributed by atoms with Gasteiger partial charge >= 0.3 is 0 Å². The maximum absolute atomic E-state index is 5.56. The van der Waals surface area contributed by atoms with Crippen LogP contribution in [0.3, 0.4) is 0 Å². The first kappa shape index (κ1) is 14.2. The maximum Gasteiger partial charge on any atom is 0.0591 e. The van der Waals surface area contributed by atoms with Crippen molar-refractivity contribution < 1.29 is 4.74 Å². The van der Waals surface area contributed by atoms with Gasteiger partial charge in [0.05, 0.1) is 21.3 Å². The highest BCUT2D eigenvalue weighted by Crippen LogP contribution is 2.61. The lowest BCUT2D eigenvalue weighted by Crippen LogP contribution is -2.60. The fraction of sp³-hybridized carbons (Fsp3) is 1.00. The van der Waals surface area contributed by atoms with Crippen LogP contribution in [-0.2, 0) is 4.74 Å². The van der Waals surface area contributed by atoms with Crippen LogP contribution in [0.1, 0.15) is 48.0 Å². The molecule has 1 fully saturated rings. The van der Waals surface area contributed by atoms with Gasteiger partial charge in [0.15, 0.2) is 0 Å². The van der Waals surface area contributed by atoms with Gasteiger partial charge in [-0.05, 0) is 11.5 Å². The van der Waals surface area contributed by atoms with E-state index >= 15 is 0 Å². The Morgan fingerprint density at radius 1 is 1.25 bits per heavy atom. The Morgan fingerprint density at radius 2 is 1.75 bits per heavy atom. The van der Waals surface area contributed by atoms with Gasteiger partial charge < -0.3 is 4.74 Å². The Morgan fingerprint density at radius 3 is 1.94 bits per heavy atom. The highest BCUT2D eigenvalue weighted by Gasteiger charge is 2.58. The van der Waals surface area contributed by atoms with E-state index in [2.05, 4.69) is 48.1 Å². The summed E-state index contributed by atoms with van der Waals surface area (Å²) in [4.78, 5) is 0. The van der Waals surface area contributed by atoms with E-state index in [-0.39, 0.29) is 0 Å². The molecule has 96 valence electrons. The summed E-state index contributed by atoms with van der Waals surface area (Å²) in [5.41, 5.74) is 1.32. The topological polar surface area (TPSA) is 9.23 Å².